The molecule has 0 aromatic heterocycles. The van der Waals surface area contributed by atoms with Crippen LogP contribution in [-0.2, 0) is 20.8 Å². The van der Waals surface area contributed by atoms with Crippen LogP contribution in [0.4, 0.5) is 0 Å². The van der Waals surface area contributed by atoms with Gasteiger partial charge in [-0.05, 0) is 116 Å². The van der Waals surface area contributed by atoms with Crippen LogP contribution < -0.4 is 20.9 Å². The highest BCUT2D eigenvalue weighted by atomic mass is 16.5. The lowest BCUT2D eigenvalue weighted by atomic mass is 9.42. The molecule has 5 N–H and O–H groups in total. The lowest BCUT2D eigenvalue weighted by molar-refractivity contribution is -0.159. The summed E-state index contributed by atoms with van der Waals surface area (Å²) in [6.07, 6.45) is 10.4. The average Bonchev–Trinajstić information content (AvgIpc) is 3.20. The van der Waals surface area contributed by atoms with Crippen LogP contribution in [-0.4, -0.2) is 42.0 Å². The third kappa shape index (κ3) is 5.61. The smallest absolute Gasteiger partial charge is 0.255 e. The molecule has 4 saturated carbocycles. The van der Waals surface area contributed by atoms with Gasteiger partial charge in [0.2, 0.25) is 0 Å². The minimum absolute atomic E-state index is 0.0300. The van der Waals surface area contributed by atoms with Gasteiger partial charge in [0.1, 0.15) is 17.3 Å². The highest BCUT2D eigenvalue weighted by Gasteiger charge is 2.62. The van der Waals surface area contributed by atoms with E-state index in [0.29, 0.717) is 53.3 Å². The molecule has 1 aromatic carbocycles. The van der Waals surface area contributed by atoms with Crippen molar-refractivity contribution in [2.75, 3.05) is 13.2 Å². The monoisotopic (exact) mass is 554 g/mol. The Morgan fingerprint density at radius 3 is 2.30 bits per heavy atom. The Labute approximate surface area is 237 Å². The van der Waals surface area contributed by atoms with Gasteiger partial charge in [-0.3, -0.25) is 14.4 Å². The van der Waals surface area contributed by atoms with Gasteiger partial charge in [-0.1, -0.05) is 13.8 Å². The van der Waals surface area contributed by atoms with Crippen LogP contribution in [0.1, 0.15) is 83.6 Å². The number of Topliss-reactive ketones (excluding diaryl/α,β-unsaturated/α-hetero) is 1. The molecule has 0 heterocycles. The Hall–Kier alpha value is -2.61. The van der Waals surface area contributed by atoms with Crippen molar-refractivity contribution in [3.05, 3.63) is 23.8 Å². The first kappa shape index (κ1) is 28.9. The number of fused-ring (bicyclic) bond motifs is 5. The number of ketones is 1. The summed E-state index contributed by atoms with van der Waals surface area (Å²) in [5.74, 6) is 2.99. The van der Waals surface area contributed by atoms with E-state index in [4.69, 9.17) is 20.9 Å². The topological polar surface area (TPSA) is 142 Å². The molecule has 8 atom stereocenters. The van der Waals surface area contributed by atoms with E-state index >= 15 is 0 Å². The average molecular weight is 555 g/mol. The fraction of sp³-hybridized carbons (Fsp3) is 0.719. The number of primary amides is 2. The molecule has 0 aliphatic heterocycles. The quantitative estimate of drug-likeness (QED) is 0.400. The summed E-state index contributed by atoms with van der Waals surface area (Å²) in [7, 11) is 0. The molecule has 1 aromatic rings. The Bertz CT molecular complexity index is 1100. The number of hydrogen-bond donors (Lipinski definition) is 3. The van der Waals surface area contributed by atoms with Crippen molar-refractivity contribution in [2.45, 2.75) is 90.6 Å². The second-order valence-electron chi connectivity index (χ2n) is 13.6. The van der Waals surface area contributed by atoms with E-state index in [0.717, 1.165) is 63.4 Å². The first-order valence-corrected chi connectivity index (χ1v) is 15.2. The molecule has 0 radical (unpaired) electrons. The molecule has 8 heteroatoms. The highest BCUT2D eigenvalue weighted by Crippen LogP contribution is 2.68. The van der Waals surface area contributed by atoms with Crippen molar-refractivity contribution in [2.24, 2.45) is 51.9 Å². The zero-order chi connectivity index (χ0) is 28.7. The van der Waals surface area contributed by atoms with Crippen molar-refractivity contribution >= 4 is 17.6 Å². The number of carbonyl (C=O) groups excluding carboxylic acids is 3. The predicted molar refractivity (Wildman–Crippen MR) is 150 cm³/mol. The first-order chi connectivity index (χ1) is 19.0. The predicted octanol–water partition coefficient (Wildman–Crippen LogP) is 3.94. The fourth-order valence-electron chi connectivity index (χ4n) is 9.52. The summed E-state index contributed by atoms with van der Waals surface area (Å²) in [6.45, 7) is 4.32. The van der Waals surface area contributed by atoms with Crippen molar-refractivity contribution in [3.8, 4) is 11.5 Å². The van der Waals surface area contributed by atoms with Crippen LogP contribution in [0, 0.1) is 40.4 Å². The maximum Gasteiger partial charge on any atom is 0.255 e. The maximum absolute atomic E-state index is 12.4. The molecule has 0 saturated heterocycles. The molecule has 4 aliphatic rings. The minimum Gasteiger partial charge on any atom is -0.484 e. The highest BCUT2D eigenvalue weighted by molar-refractivity contribution is 5.79. The molecule has 0 spiro atoms. The van der Waals surface area contributed by atoms with Gasteiger partial charge < -0.3 is 26.0 Å². The van der Waals surface area contributed by atoms with Gasteiger partial charge in [0, 0.05) is 18.9 Å². The number of aryl methyl sites for hydroxylation is 1. The summed E-state index contributed by atoms with van der Waals surface area (Å²) >= 11 is 0. The second-order valence-corrected chi connectivity index (χ2v) is 13.6. The Balaban J connectivity index is 1.35. The molecular weight excluding hydrogens is 508 g/mol. The van der Waals surface area contributed by atoms with E-state index < -0.39 is 11.8 Å². The minimum atomic E-state index is -0.568. The van der Waals surface area contributed by atoms with Gasteiger partial charge >= 0.3 is 0 Å². The lowest BCUT2D eigenvalue weighted by Gasteiger charge is -2.62. The van der Waals surface area contributed by atoms with Gasteiger partial charge in [-0.2, -0.15) is 0 Å². The molecule has 1 unspecified atom stereocenters. The Kier molecular flexibility index (Phi) is 8.20. The third-order valence-corrected chi connectivity index (χ3v) is 11.2. The second kappa shape index (κ2) is 11.3. The molecular formula is C32H46N2O6. The standard InChI is InChI=1S/C32H46N2O6/c1-31-11-10-22(35)14-21(31)6-7-25-26-8-9-27(36)32(26,2)16-20(30(25)31)5-3-4-19-12-23(39-17-28(33)37)15-24(13-19)40-18-29(34)38/h12-13,15,20-21,25-27,30,36H,3-11,14,16-18H2,1-2H3,(H2,33,37)(H2,34,38)/t20-,21?,25-,26-,27-,30-,31-,32-/m0/s1. The molecule has 2 amide bonds. The number of nitrogens with two attached hydrogens (primary N) is 2. The van der Waals surface area contributed by atoms with Crippen LogP contribution in [0.15, 0.2) is 18.2 Å². The van der Waals surface area contributed by atoms with Crippen LogP contribution in [0.5, 0.6) is 11.5 Å². The van der Waals surface area contributed by atoms with Crippen LogP contribution >= 0.6 is 0 Å². The zero-order valence-corrected chi connectivity index (χ0v) is 24.0. The first-order valence-electron chi connectivity index (χ1n) is 15.2. The lowest BCUT2D eigenvalue weighted by Crippen LogP contribution is -2.57. The zero-order valence-electron chi connectivity index (χ0n) is 24.0. The molecule has 8 nitrogen and oxygen atoms in total. The molecule has 5 rings (SSSR count). The Morgan fingerprint density at radius 1 is 0.975 bits per heavy atom. The van der Waals surface area contributed by atoms with E-state index in [1.54, 1.807) is 6.07 Å². The number of aliphatic hydroxyl groups excluding tert-OH is 1. The summed E-state index contributed by atoms with van der Waals surface area (Å²) in [6, 6.07) is 5.43. The summed E-state index contributed by atoms with van der Waals surface area (Å²) in [4.78, 5) is 34.9. The third-order valence-electron chi connectivity index (χ3n) is 11.2. The van der Waals surface area contributed by atoms with Crippen molar-refractivity contribution in [3.63, 3.8) is 0 Å². The van der Waals surface area contributed by atoms with Crippen LogP contribution in [0.25, 0.3) is 0 Å². The number of aliphatic hydroxyl groups is 1. The van der Waals surface area contributed by atoms with E-state index in [2.05, 4.69) is 13.8 Å². The number of carbonyl (C=O) groups is 3. The molecule has 40 heavy (non-hydrogen) atoms. The van der Waals surface area contributed by atoms with E-state index in [-0.39, 0.29) is 30.1 Å². The van der Waals surface area contributed by atoms with Gasteiger partial charge in [0.05, 0.1) is 6.10 Å². The number of benzene rings is 1. The molecule has 0 bridgehead atoms. The molecule has 4 aliphatic carbocycles. The van der Waals surface area contributed by atoms with E-state index in [9.17, 15) is 19.5 Å². The maximum atomic E-state index is 12.4. The van der Waals surface area contributed by atoms with Gasteiger partial charge in [0.15, 0.2) is 13.2 Å². The largest absolute Gasteiger partial charge is 0.484 e. The van der Waals surface area contributed by atoms with Crippen LogP contribution in [0.2, 0.25) is 0 Å². The number of amides is 2. The number of rotatable bonds is 10. The summed E-state index contributed by atoms with van der Waals surface area (Å²) < 4.78 is 11.1. The Morgan fingerprint density at radius 2 is 1.65 bits per heavy atom. The van der Waals surface area contributed by atoms with Crippen LogP contribution in [0.3, 0.4) is 0 Å². The van der Waals surface area contributed by atoms with Crippen molar-refractivity contribution in [1.82, 2.24) is 0 Å². The van der Waals surface area contributed by atoms with Crippen molar-refractivity contribution < 1.29 is 29.0 Å². The van der Waals surface area contributed by atoms with Gasteiger partial charge in [-0.25, -0.2) is 0 Å². The number of ether oxygens (including phenoxy) is 2. The van der Waals surface area contributed by atoms with E-state index in [1.807, 2.05) is 12.1 Å². The molecule has 220 valence electrons. The fourth-order valence-corrected chi connectivity index (χ4v) is 9.52. The van der Waals surface area contributed by atoms with E-state index in [1.165, 1.54) is 6.42 Å². The summed E-state index contributed by atoms with van der Waals surface area (Å²) in [5.41, 5.74) is 11.7. The van der Waals surface area contributed by atoms with Crippen molar-refractivity contribution in [1.29, 1.82) is 0 Å². The molecule has 4 fully saturated rings. The van der Waals surface area contributed by atoms with Gasteiger partial charge in [0.25, 0.3) is 11.8 Å². The normalized spacial score (nSPS) is 36.7. The number of hydrogen-bond acceptors (Lipinski definition) is 6. The SMILES string of the molecule is C[C@]12C[C@H](CCCc3cc(OCC(N)=O)cc(OCC(N)=O)c3)[C@H]3[C@@H](CCC4CC(=O)CC[C@@]43C)[C@@H]1CC[C@@H]2O. The van der Waals surface area contributed by atoms with Gasteiger partial charge in [-0.15, -0.1) is 0 Å². The summed E-state index contributed by atoms with van der Waals surface area (Å²) in [5, 5.41) is 11.1.